The maximum atomic E-state index is 12.2. The minimum Gasteiger partial charge on any atom is -0.378 e. The molecule has 0 unspecified atom stereocenters. The summed E-state index contributed by atoms with van der Waals surface area (Å²) in [5.74, 6) is -0.0669. The van der Waals surface area contributed by atoms with Crippen molar-refractivity contribution in [1.29, 1.82) is 0 Å². The lowest BCUT2D eigenvalue weighted by Gasteiger charge is -2.12. The van der Waals surface area contributed by atoms with Crippen molar-refractivity contribution in [3.63, 3.8) is 0 Å². The maximum absolute atomic E-state index is 12.2. The van der Waals surface area contributed by atoms with Gasteiger partial charge < -0.3 is 14.6 Å². The number of nitrogens with one attached hydrogen (secondary N) is 1. The summed E-state index contributed by atoms with van der Waals surface area (Å²) in [6, 6.07) is 11.8. The Kier molecular flexibility index (Phi) is 4.02. The number of aromatic nitrogens is 2. The Morgan fingerprint density at radius 1 is 1.22 bits per heavy atom. The number of amides is 1. The van der Waals surface area contributed by atoms with Gasteiger partial charge in [-0.15, -0.1) is 0 Å². The van der Waals surface area contributed by atoms with E-state index in [0.717, 1.165) is 28.3 Å². The van der Waals surface area contributed by atoms with Gasteiger partial charge in [-0.1, -0.05) is 0 Å². The second-order valence-electron chi connectivity index (χ2n) is 5.87. The molecule has 0 radical (unpaired) electrons. The highest BCUT2D eigenvalue weighted by Crippen LogP contribution is 2.16. The molecule has 1 N–H and O–H groups in total. The number of carbonyl (C=O) groups is 1. The number of benzene rings is 1. The molecule has 0 saturated heterocycles. The molecule has 0 aliphatic rings. The van der Waals surface area contributed by atoms with Gasteiger partial charge in [-0.2, -0.15) is 0 Å². The first-order chi connectivity index (χ1) is 11.0. The van der Waals surface area contributed by atoms with E-state index >= 15 is 0 Å². The summed E-state index contributed by atoms with van der Waals surface area (Å²) in [6.45, 7) is 2.03. The Bertz CT molecular complexity index is 834. The third-order valence-electron chi connectivity index (χ3n) is 3.67. The van der Waals surface area contributed by atoms with Gasteiger partial charge in [0.25, 0.3) is 0 Å². The lowest BCUT2D eigenvalue weighted by molar-refractivity contribution is -0.115. The lowest BCUT2D eigenvalue weighted by Crippen LogP contribution is -2.15. The van der Waals surface area contributed by atoms with Crippen LogP contribution in [0.4, 0.5) is 11.4 Å². The van der Waals surface area contributed by atoms with Crippen molar-refractivity contribution in [2.24, 2.45) is 0 Å². The van der Waals surface area contributed by atoms with Crippen molar-refractivity contribution in [2.75, 3.05) is 24.3 Å². The van der Waals surface area contributed by atoms with Gasteiger partial charge in [-0.3, -0.25) is 4.79 Å². The Hall–Kier alpha value is -2.82. The van der Waals surface area contributed by atoms with Gasteiger partial charge in [0, 0.05) is 37.9 Å². The number of imidazole rings is 1. The highest BCUT2D eigenvalue weighted by molar-refractivity contribution is 5.92. The van der Waals surface area contributed by atoms with E-state index in [1.54, 1.807) is 0 Å². The molecule has 1 amide bonds. The monoisotopic (exact) mass is 308 g/mol. The van der Waals surface area contributed by atoms with Gasteiger partial charge in [-0.25, -0.2) is 4.98 Å². The topological polar surface area (TPSA) is 49.6 Å². The SMILES string of the molecule is Cc1ccn2cc(CC(=O)Nc3ccc(N(C)C)cc3)nc2c1. The molecule has 118 valence electrons. The Morgan fingerprint density at radius 3 is 2.65 bits per heavy atom. The Balaban J connectivity index is 1.68. The molecular weight excluding hydrogens is 288 g/mol. The smallest absolute Gasteiger partial charge is 0.230 e. The van der Waals surface area contributed by atoms with Crippen molar-refractivity contribution < 1.29 is 4.79 Å². The molecule has 2 heterocycles. The number of nitrogens with zero attached hydrogens (tertiary/aromatic N) is 3. The van der Waals surface area contributed by atoms with E-state index in [4.69, 9.17) is 0 Å². The molecule has 0 aliphatic carbocycles. The molecule has 1 aromatic carbocycles. The third kappa shape index (κ3) is 3.51. The van der Waals surface area contributed by atoms with Crippen LogP contribution < -0.4 is 10.2 Å². The second-order valence-corrected chi connectivity index (χ2v) is 5.87. The molecule has 23 heavy (non-hydrogen) atoms. The minimum absolute atomic E-state index is 0.0669. The van der Waals surface area contributed by atoms with Crippen molar-refractivity contribution in [3.8, 4) is 0 Å². The molecule has 3 aromatic rings. The normalized spacial score (nSPS) is 10.7. The second kappa shape index (κ2) is 6.12. The number of pyridine rings is 1. The molecule has 0 atom stereocenters. The number of hydrogen-bond acceptors (Lipinski definition) is 3. The zero-order chi connectivity index (χ0) is 16.4. The molecule has 0 fully saturated rings. The fourth-order valence-electron chi connectivity index (χ4n) is 2.43. The highest BCUT2D eigenvalue weighted by Gasteiger charge is 2.08. The minimum atomic E-state index is -0.0669. The number of rotatable bonds is 4. The van der Waals surface area contributed by atoms with E-state index in [2.05, 4.69) is 10.3 Å². The van der Waals surface area contributed by atoms with Gasteiger partial charge in [0.15, 0.2) is 0 Å². The Morgan fingerprint density at radius 2 is 1.96 bits per heavy atom. The molecule has 5 nitrogen and oxygen atoms in total. The predicted octanol–water partition coefficient (Wildman–Crippen LogP) is 2.89. The highest BCUT2D eigenvalue weighted by atomic mass is 16.1. The van der Waals surface area contributed by atoms with Crippen LogP contribution in [0.2, 0.25) is 0 Å². The van der Waals surface area contributed by atoms with E-state index in [0.29, 0.717) is 0 Å². The van der Waals surface area contributed by atoms with E-state index in [-0.39, 0.29) is 12.3 Å². The molecule has 0 spiro atoms. The summed E-state index contributed by atoms with van der Waals surface area (Å²) in [6.07, 6.45) is 4.11. The summed E-state index contributed by atoms with van der Waals surface area (Å²) in [5.41, 5.74) is 4.67. The number of aryl methyl sites for hydroxylation is 1. The van der Waals surface area contributed by atoms with Crippen molar-refractivity contribution in [2.45, 2.75) is 13.3 Å². The Labute approximate surface area is 135 Å². The van der Waals surface area contributed by atoms with Crippen LogP contribution in [0.1, 0.15) is 11.3 Å². The van der Waals surface area contributed by atoms with Crippen LogP contribution in [0.25, 0.3) is 5.65 Å². The van der Waals surface area contributed by atoms with Crippen molar-refractivity contribution >= 4 is 22.9 Å². The first kappa shape index (κ1) is 15.1. The summed E-state index contributed by atoms with van der Waals surface area (Å²) in [4.78, 5) is 18.7. The first-order valence-electron chi connectivity index (χ1n) is 7.53. The van der Waals surface area contributed by atoms with Crippen LogP contribution in [-0.2, 0) is 11.2 Å². The zero-order valence-electron chi connectivity index (χ0n) is 13.6. The average Bonchev–Trinajstić information content (AvgIpc) is 2.88. The fraction of sp³-hybridized carbons (Fsp3) is 0.222. The lowest BCUT2D eigenvalue weighted by atomic mass is 10.2. The molecule has 0 aliphatic heterocycles. The summed E-state index contributed by atoms with van der Waals surface area (Å²) >= 11 is 0. The van der Waals surface area contributed by atoms with Crippen LogP contribution in [-0.4, -0.2) is 29.4 Å². The van der Waals surface area contributed by atoms with E-state index in [1.165, 1.54) is 0 Å². The average molecular weight is 308 g/mol. The summed E-state index contributed by atoms with van der Waals surface area (Å²) in [5, 5.41) is 2.91. The van der Waals surface area contributed by atoms with Crippen LogP contribution >= 0.6 is 0 Å². The number of hydrogen-bond donors (Lipinski definition) is 1. The van der Waals surface area contributed by atoms with Gasteiger partial charge in [0.2, 0.25) is 5.91 Å². The maximum Gasteiger partial charge on any atom is 0.230 e. The molecule has 2 aromatic heterocycles. The summed E-state index contributed by atoms with van der Waals surface area (Å²) in [7, 11) is 3.97. The quantitative estimate of drug-likeness (QED) is 0.806. The van der Waals surface area contributed by atoms with Crippen LogP contribution in [0.3, 0.4) is 0 Å². The van der Waals surface area contributed by atoms with E-state index in [9.17, 15) is 4.79 Å². The van der Waals surface area contributed by atoms with Gasteiger partial charge >= 0.3 is 0 Å². The van der Waals surface area contributed by atoms with Crippen molar-refractivity contribution in [1.82, 2.24) is 9.38 Å². The van der Waals surface area contributed by atoms with E-state index in [1.807, 2.05) is 79.1 Å². The molecule has 5 heteroatoms. The standard InChI is InChI=1S/C18H20N4O/c1-13-8-9-22-12-15(19-17(22)10-13)11-18(23)20-14-4-6-16(7-5-14)21(2)3/h4-10,12H,11H2,1-3H3,(H,20,23). The molecule has 0 bridgehead atoms. The van der Waals surface area contributed by atoms with Gasteiger partial charge in [-0.05, 0) is 48.9 Å². The molecule has 3 rings (SSSR count). The largest absolute Gasteiger partial charge is 0.378 e. The summed E-state index contributed by atoms with van der Waals surface area (Å²) < 4.78 is 1.93. The zero-order valence-corrected chi connectivity index (χ0v) is 13.6. The predicted molar refractivity (Wildman–Crippen MR) is 93.0 cm³/mol. The third-order valence-corrected chi connectivity index (χ3v) is 3.67. The molecule has 0 saturated carbocycles. The van der Waals surface area contributed by atoms with Crippen LogP contribution in [0, 0.1) is 6.92 Å². The number of anilines is 2. The number of fused-ring (bicyclic) bond motifs is 1. The van der Waals surface area contributed by atoms with Crippen LogP contribution in [0.5, 0.6) is 0 Å². The molecular formula is C18H20N4O. The van der Waals surface area contributed by atoms with Gasteiger partial charge in [0.1, 0.15) is 5.65 Å². The van der Waals surface area contributed by atoms with Gasteiger partial charge in [0.05, 0.1) is 12.1 Å². The van der Waals surface area contributed by atoms with E-state index < -0.39 is 0 Å². The first-order valence-corrected chi connectivity index (χ1v) is 7.53. The van der Waals surface area contributed by atoms with Crippen molar-refractivity contribution in [3.05, 3.63) is 60.0 Å². The fourth-order valence-corrected chi connectivity index (χ4v) is 2.43. The van der Waals surface area contributed by atoms with Crippen LogP contribution in [0.15, 0.2) is 48.8 Å². The number of carbonyl (C=O) groups excluding carboxylic acids is 1.